The van der Waals surface area contributed by atoms with Gasteiger partial charge in [0.1, 0.15) is 0 Å². The Morgan fingerprint density at radius 1 is 1.45 bits per heavy atom. The van der Waals surface area contributed by atoms with E-state index in [0.29, 0.717) is 5.41 Å². The molecule has 1 saturated carbocycles. The topological polar surface area (TPSA) is 38.6 Å². The van der Waals surface area contributed by atoms with E-state index >= 15 is 0 Å². The predicted molar refractivity (Wildman–Crippen MR) is 82.4 cm³/mol. The normalized spacial score (nSPS) is 18.1. The van der Waals surface area contributed by atoms with Crippen LogP contribution in [-0.4, -0.2) is 36.2 Å². The van der Waals surface area contributed by atoms with Crippen LogP contribution in [0.15, 0.2) is 17.8 Å². The third-order valence-electron chi connectivity index (χ3n) is 4.35. The van der Waals surface area contributed by atoms with E-state index in [-0.39, 0.29) is 0 Å². The second kappa shape index (κ2) is 6.24. The molecule has 1 aliphatic carbocycles. The summed E-state index contributed by atoms with van der Waals surface area (Å²) in [6, 6.07) is 0. The highest BCUT2D eigenvalue weighted by Gasteiger charge is 2.34. The third-order valence-corrected chi connectivity index (χ3v) is 5.12. The minimum atomic E-state index is 0.401. The van der Waals surface area contributed by atoms with Crippen LogP contribution in [0.2, 0.25) is 0 Å². The molecule has 2 heterocycles. The zero-order valence-corrected chi connectivity index (χ0v) is 12.9. The Kier molecular flexibility index (Phi) is 4.38. The van der Waals surface area contributed by atoms with E-state index in [0.717, 1.165) is 31.1 Å². The fourth-order valence-corrected chi connectivity index (χ4v) is 4.03. The van der Waals surface area contributed by atoms with Gasteiger partial charge >= 0.3 is 0 Å². The molecule has 2 aromatic heterocycles. The number of imidazole rings is 1. The van der Waals surface area contributed by atoms with Gasteiger partial charge in [-0.25, -0.2) is 4.98 Å². The first-order chi connectivity index (χ1) is 9.81. The molecule has 20 heavy (non-hydrogen) atoms. The van der Waals surface area contributed by atoms with Gasteiger partial charge in [-0.05, 0) is 24.7 Å². The average Bonchev–Trinajstić information content (AvgIpc) is 3.11. The van der Waals surface area contributed by atoms with E-state index < -0.39 is 0 Å². The summed E-state index contributed by atoms with van der Waals surface area (Å²) in [5.41, 5.74) is 1.64. The highest BCUT2D eigenvalue weighted by atomic mass is 32.1. The van der Waals surface area contributed by atoms with Crippen LogP contribution in [0.25, 0.3) is 4.96 Å². The first-order valence-electron chi connectivity index (χ1n) is 7.42. The monoisotopic (exact) mass is 293 g/mol. The van der Waals surface area contributed by atoms with Crippen LogP contribution in [0.3, 0.4) is 0 Å². The van der Waals surface area contributed by atoms with Crippen molar-refractivity contribution in [3.05, 3.63) is 23.5 Å². The van der Waals surface area contributed by atoms with Crippen molar-refractivity contribution >= 4 is 16.3 Å². The number of ether oxygens (including phenoxy) is 1. The van der Waals surface area contributed by atoms with Crippen molar-refractivity contribution in [1.29, 1.82) is 0 Å². The molecule has 0 saturated heterocycles. The predicted octanol–water partition coefficient (Wildman–Crippen LogP) is 2.73. The first kappa shape index (κ1) is 14.0. The van der Waals surface area contributed by atoms with E-state index in [9.17, 15) is 0 Å². The molecule has 1 aliphatic rings. The minimum Gasteiger partial charge on any atom is -0.383 e. The van der Waals surface area contributed by atoms with Crippen LogP contribution >= 0.6 is 11.3 Å². The molecule has 5 heteroatoms. The highest BCUT2D eigenvalue weighted by Crippen LogP contribution is 2.40. The van der Waals surface area contributed by atoms with Crippen molar-refractivity contribution in [1.82, 2.24) is 14.7 Å². The molecule has 1 N–H and O–H groups in total. The maximum Gasteiger partial charge on any atom is 0.193 e. The van der Waals surface area contributed by atoms with Gasteiger partial charge in [0.15, 0.2) is 4.96 Å². The summed E-state index contributed by atoms with van der Waals surface area (Å²) < 4.78 is 7.25. The zero-order chi connectivity index (χ0) is 13.8. The maximum atomic E-state index is 5.11. The lowest BCUT2D eigenvalue weighted by Crippen LogP contribution is -2.35. The van der Waals surface area contributed by atoms with Gasteiger partial charge in [0.05, 0.1) is 12.3 Å². The van der Waals surface area contributed by atoms with Crippen LogP contribution < -0.4 is 5.32 Å². The van der Waals surface area contributed by atoms with Gasteiger partial charge in [0, 0.05) is 38.0 Å². The minimum absolute atomic E-state index is 0.401. The molecule has 4 nitrogen and oxygen atoms in total. The molecule has 0 bridgehead atoms. The maximum absolute atomic E-state index is 5.11. The number of hydrogen-bond acceptors (Lipinski definition) is 4. The lowest BCUT2D eigenvalue weighted by Gasteiger charge is -2.28. The van der Waals surface area contributed by atoms with E-state index in [2.05, 4.69) is 27.5 Å². The van der Waals surface area contributed by atoms with Crippen molar-refractivity contribution in [2.45, 2.75) is 32.1 Å². The first-order valence-corrected chi connectivity index (χ1v) is 8.30. The number of nitrogens with one attached hydrogen (secondary N) is 1. The summed E-state index contributed by atoms with van der Waals surface area (Å²) in [4.78, 5) is 5.87. The summed E-state index contributed by atoms with van der Waals surface area (Å²) in [7, 11) is 1.75. The summed E-state index contributed by atoms with van der Waals surface area (Å²) in [5.74, 6) is 0. The molecule has 0 aromatic carbocycles. The van der Waals surface area contributed by atoms with Crippen LogP contribution in [0.5, 0.6) is 0 Å². The third kappa shape index (κ3) is 3.05. The van der Waals surface area contributed by atoms with Crippen molar-refractivity contribution in [3.8, 4) is 0 Å². The van der Waals surface area contributed by atoms with Crippen LogP contribution in [0, 0.1) is 5.41 Å². The zero-order valence-electron chi connectivity index (χ0n) is 12.1. The lowest BCUT2D eigenvalue weighted by molar-refractivity contribution is 0.189. The molecule has 0 atom stereocenters. The molecule has 0 amide bonds. The molecular weight excluding hydrogens is 270 g/mol. The second-order valence-electron chi connectivity index (χ2n) is 5.88. The molecular formula is C15H23N3OS. The van der Waals surface area contributed by atoms with E-state index in [1.54, 1.807) is 18.4 Å². The van der Waals surface area contributed by atoms with Gasteiger partial charge < -0.3 is 10.1 Å². The van der Waals surface area contributed by atoms with Gasteiger partial charge in [-0.2, -0.15) is 0 Å². The van der Waals surface area contributed by atoms with E-state index in [4.69, 9.17) is 9.72 Å². The Morgan fingerprint density at radius 2 is 2.30 bits per heavy atom. The molecule has 3 rings (SSSR count). The van der Waals surface area contributed by atoms with Gasteiger partial charge in [-0.15, -0.1) is 11.3 Å². The fraction of sp³-hybridized carbons (Fsp3) is 0.667. The standard InChI is InChI=1S/C15H23N3OS/c1-19-8-6-16-12-15(4-2-3-5-15)10-13-11-18-7-9-20-14(18)17-13/h7,9,11,16H,2-6,8,10,12H2,1H3. The Balaban J connectivity index is 1.65. The van der Waals surface area contributed by atoms with Crippen LogP contribution in [0.4, 0.5) is 0 Å². The van der Waals surface area contributed by atoms with Crippen LogP contribution in [0.1, 0.15) is 31.4 Å². The van der Waals surface area contributed by atoms with E-state index in [1.807, 2.05) is 0 Å². The largest absolute Gasteiger partial charge is 0.383 e. The van der Waals surface area contributed by atoms with Crippen LogP contribution in [-0.2, 0) is 11.2 Å². The average molecular weight is 293 g/mol. The van der Waals surface area contributed by atoms with Crippen molar-refractivity contribution < 1.29 is 4.74 Å². The summed E-state index contributed by atoms with van der Waals surface area (Å²) in [5, 5.41) is 5.65. The molecule has 0 radical (unpaired) electrons. The number of hydrogen-bond donors (Lipinski definition) is 1. The number of aromatic nitrogens is 2. The SMILES string of the molecule is COCCNCC1(Cc2cn3ccsc3n2)CCCC1. The molecule has 2 aromatic rings. The van der Waals surface area contributed by atoms with Gasteiger partial charge in [-0.1, -0.05) is 12.8 Å². The van der Waals surface area contributed by atoms with Crippen molar-refractivity contribution in [3.63, 3.8) is 0 Å². The number of methoxy groups -OCH3 is 1. The summed E-state index contributed by atoms with van der Waals surface area (Å²) in [6.45, 7) is 2.81. The molecule has 110 valence electrons. The van der Waals surface area contributed by atoms with E-state index in [1.165, 1.54) is 31.4 Å². The van der Waals surface area contributed by atoms with Gasteiger partial charge in [-0.3, -0.25) is 4.40 Å². The Morgan fingerprint density at radius 3 is 3.05 bits per heavy atom. The number of rotatable bonds is 7. The lowest BCUT2D eigenvalue weighted by atomic mass is 9.81. The van der Waals surface area contributed by atoms with Gasteiger partial charge in [0.25, 0.3) is 0 Å². The van der Waals surface area contributed by atoms with Gasteiger partial charge in [0.2, 0.25) is 0 Å². The molecule has 0 unspecified atom stereocenters. The molecule has 0 spiro atoms. The Hall–Kier alpha value is -0.910. The van der Waals surface area contributed by atoms with Crippen molar-refractivity contribution in [2.75, 3.05) is 26.8 Å². The molecule has 0 aliphatic heterocycles. The number of nitrogens with zero attached hydrogens (tertiary/aromatic N) is 2. The quantitative estimate of drug-likeness (QED) is 0.798. The Labute approximate surface area is 124 Å². The second-order valence-corrected chi connectivity index (χ2v) is 6.75. The Bertz CT molecular complexity index is 514. The van der Waals surface area contributed by atoms with Crippen molar-refractivity contribution in [2.24, 2.45) is 5.41 Å². The summed E-state index contributed by atoms with van der Waals surface area (Å²) >= 11 is 1.71. The fourth-order valence-electron chi connectivity index (χ4n) is 3.31. The smallest absolute Gasteiger partial charge is 0.193 e. The highest BCUT2D eigenvalue weighted by molar-refractivity contribution is 7.15. The number of fused-ring (bicyclic) bond motifs is 1. The number of thiazole rings is 1. The summed E-state index contributed by atoms with van der Waals surface area (Å²) in [6.07, 6.45) is 10.7. The molecule has 1 fully saturated rings.